The summed E-state index contributed by atoms with van der Waals surface area (Å²) < 4.78 is 25.3. The lowest BCUT2D eigenvalue weighted by molar-refractivity contribution is 0.0947. The first-order valence-corrected chi connectivity index (χ1v) is 14.9. The van der Waals surface area contributed by atoms with E-state index in [1.807, 2.05) is 30.3 Å². The third kappa shape index (κ3) is 6.73. The van der Waals surface area contributed by atoms with Gasteiger partial charge in [0.15, 0.2) is 0 Å². The maximum absolute atomic E-state index is 13.4. The molecule has 0 unspecified atom stereocenters. The molecule has 8 heteroatoms. The van der Waals surface area contributed by atoms with Crippen molar-refractivity contribution in [1.29, 1.82) is 0 Å². The van der Waals surface area contributed by atoms with Gasteiger partial charge in [-0.15, -0.1) is 11.3 Å². The molecule has 2 aromatic carbocycles. The molecule has 0 saturated heterocycles. The highest BCUT2D eigenvalue weighted by molar-refractivity contribution is 9.10. The molecule has 1 aliphatic carbocycles. The van der Waals surface area contributed by atoms with Crippen LogP contribution in [0.1, 0.15) is 64.9 Å². The molecule has 0 fully saturated rings. The fourth-order valence-corrected chi connectivity index (χ4v) is 6.67. The molecule has 4 aromatic rings. The third-order valence-corrected chi connectivity index (χ3v) is 9.08. The van der Waals surface area contributed by atoms with Gasteiger partial charge in [-0.3, -0.25) is 4.79 Å². The van der Waals surface area contributed by atoms with Crippen LogP contribution in [0, 0.1) is 17.2 Å². The number of aliphatic imine (C=N–C) groups is 1. The molecule has 5 rings (SSSR count). The number of nitrogens with zero attached hydrogens (tertiary/aromatic N) is 1. The Balaban J connectivity index is 1.36. The number of fused-ring (bicyclic) bond motifs is 1. The summed E-state index contributed by atoms with van der Waals surface area (Å²) in [5, 5.41) is 3.75. The van der Waals surface area contributed by atoms with Crippen LogP contribution in [0.3, 0.4) is 0 Å². The summed E-state index contributed by atoms with van der Waals surface area (Å²) in [6.45, 7) is 7.53. The highest BCUT2D eigenvalue weighted by atomic mass is 79.9. The van der Waals surface area contributed by atoms with Crippen LogP contribution in [0.25, 0.3) is 0 Å². The fourth-order valence-electron chi connectivity index (χ4n) is 4.89. The molecule has 2 heterocycles. The van der Waals surface area contributed by atoms with Crippen LogP contribution in [0.5, 0.6) is 5.75 Å². The van der Waals surface area contributed by atoms with Crippen LogP contribution in [-0.4, -0.2) is 12.1 Å². The number of hydrogen-bond acceptors (Lipinski definition) is 5. The number of hydrogen-bond donors (Lipinski definition) is 1. The summed E-state index contributed by atoms with van der Waals surface area (Å²) in [6.07, 6.45) is 6.28. The molecule has 208 valence electrons. The van der Waals surface area contributed by atoms with Gasteiger partial charge in [0.25, 0.3) is 5.91 Å². The Hall–Kier alpha value is -3.23. The molecule has 40 heavy (non-hydrogen) atoms. The summed E-state index contributed by atoms with van der Waals surface area (Å²) in [5.74, 6) is 1.56. The van der Waals surface area contributed by atoms with Crippen LogP contribution >= 0.6 is 27.3 Å². The smallest absolute Gasteiger partial charge is 0.255 e. The monoisotopic (exact) mass is 622 g/mol. The molecule has 0 radical (unpaired) electrons. The molecule has 0 aliphatic heterocycles. The zero-order valence-corrected chi connectivity index (χ0v) is 25.2. The van der Waals surface area contributed by atoms with Crippen LogP contribution < -0.4 is 10.1 Å². The van der Waals surface area contributed by atoms with E-state index in [-0.39, 0.29) is 17.1 Å². The number of rotatable bonds is 8. The van der Waals surface area contributed by atoms with Crippen molar-refractivity contribution in [3.8, 4) is 5.75 Å². The lowest BCUT2D eigenvalue weighted by atomic mass is 9.72. The summed E-state index contributed by atoms with van der Waals surface area (Å²) in [6, 6.07) is 15.6. The zero-order valence-electron chi connectivity index (χ0n) is 22.8. The average molecular weight is 624 g/mol. The maximum atomic E-state index is 13.4. The van der Waals surface area contributed by atoms with Gasteiger partial charge in [0.2, 0.25) is 0 Å². The molecule has 5 nitrogen and oxygen atoms in total. The number of furan rings is 1. The van der Waals surface area contributed by atoms with Gasteiger partial charge in [0.05, 0.1) is 22.8 Å². The minimum atomic E-state index is -0.271. The lowest BCUT2D eigenvalue weighted by Gasteiger charge is -2.33. The lowest BCUT2D eigenvalue weighted by Crippen LogP contribution is -2.28. The van der Waals surface area contributed by atoms with E-state index >= 15 is 0 Å². The van der Waals surface area contributed by atoms with Crippen LogP contribution in [0.15, 0.2) is 74.7 Å². The van der Waals surface area contributed by atoms with Gasteiger partial charge in [0, 0.05) is 11.1 Å². The minimum Gasteiger partial charge on any atom is -0.488 e. The quantitative estimate of drug-likeness (QED) is 0.200. The Morgan fingerprint density at radius 2 is 2.02 bits per heavy atom. The van der Waals surface area contributed by atoms with E-state index in [9.17, 15) is 9.18 Å². The molecule has 1 aliphatic rings. The van der Waals surface area contributed by atoms with E-state index in [2.05, 4.69) is 42.0 Å². The molecular formula is C32H32BrFN2O3S. The van der Waals surface area contributed by atoms with Crippen molar-refractivity contribution in [2.24, 2.45) is 16.3 Å². The van der Waals surface area contributed by atoms with E-state index in [1.165, 1.54) is 17.0 Å². The first-order valence-electron chi connectivity index (χ1n) is 13.3. The van der Waals surface area contributed by atoms with Gasteiger partial charge in [-0.1, -0.05) is 32.9 Å². The van der Waals surface area contributed by atoms with E-state index in [0.717, 1.165) is 45.4 Å². The zero-order chi connectivity index (χ0) is 28.3. The SMILES string of the molecule is CC(C)(C)[C@@H]1CCc2c(sc(N=Cc3ccc(OCc4ccc(F)cc4)c(Br)c3)c2C(=O)NCc2ccco2)C1. The van der Waals surface area contributed by atoms with Crippen LogP contribution in [0.4, 0.5) is 9.39 Å². The summed E-state index contributed by atoms with van der Waals surface area (Å²) in [7, 11) is 0. The van der Waals surface area contributed by atoms with Crippen molar-refractivity contribution >= 4 is 44.4 Å². The Labute approximate surface area is 246 Å². The highest BCUT2D eigenvalue weighted by Crippen LogP contribution is 2.45. The first kappa shape index (κ1) is 28.3. The van der Waals surface area contributed by atoms with Gasteiger partial charge in [-0.2, -0.15) is 0 Å². The topological polar surface area (TPSA) is 63.8 Å². The molecule has 1 N–H and O–H groups in total. The van der Waals surface area contributed by atoms with Crippen molar-refractivity contribution in [1.82, 2.24) is 5.32 Å². The molecule has 2 aromatic heterocycles. The van der Waals surface area contributed by atoms with Crippen molar-refractivity contribution in [3.63, 3.8) is 0 Å². The van der Waals surface area contributed by atoms with Crippen molar-refractivity contribution in [2.45, 2.75) is 53.2 Å². The molecule has 1 atom stereocenters. The number of carbonyl (C=O) groups is 1. The van der Waals surface area contributed by atoms with Gasteiger partial charge in [-0.05, 0) is 106 Å². The molecule has 0 saturated carbocycles. The number of thiophene rings is 1. The van der Waals surface area contributed by atoms with Crippen LogP contribution in [-0.2, 0) is 26.0 Å². The number of nitrogens with one attached hydrogen (secondary N) is 1. The van der Waals surface area contributed by atoms with Crippen molar-refractivity contribution in [2.75, 3.05) is 0 Å². The predicted molar refractivity (Wildman–Crippen MR) is 161 cm³/mol. The second-order valence-electron chi connectivity index (χ2n) is 11.1. The number of benzene rings is 2. The second kappa shape index (κ2) is 12.1. The standard InChI is InChI=1S/C32H32BrFN2O3S/c1-32(2,3)22-9-12-25-28(16-22)40-31(29(25)30(37)35-18-24-5-4-14-38-24)36-17-21-8-13-27(26(33)15-21)39-19-20-6-10-23(34)11-7-20/h4-8,10-11,13-15,17,22H,9,12,16,18-19H2,1-3H3,(H,35,37)/t22-/m1/s1. The molecule has 0 spiro atoms. The van der Waals surface area contributed by atoms with Gasteiger partial charge < -0.3 is 14.5 Å². The maximum Gasteiger partial charge on any atom is 0.255 e. The predicted octanol–water partition coefficient (Wildman–Crippen LogP) is 8.65. The number of halogens is 2. The van der Waals surface area contributed by atoms with E-state index in [0.29, 0.717) is 36.1 Å². The summed E-state index contributed by atoms with van der Waals surface area (Å²) in [4.78, 5) is 19.5. The van der Waals surface area contributed by atoms with E-state index < -0.39 is 0 Å². The van der Waals surface area contributed by atoms with E-state index in [4.69, 9.17) is 14.1 Å². The number of carbonyl (C=O) groups excluding carboxylic acids is 1. The Morgan fingerprint density at radius 1 is 1.23 bits per heavy atom. The van der Waals surface area contributed by atoms with Crippen LogP contribution in [0.2, 0.25) is 0 Å². The van der Waals surface area contributed by atoms with Gasteiger partial charge in [-0.25, -0.2) is 9.38 Å². The Bertz CT molecular complexity index is 1500. The van der Waals surface area contributed by atoms with Crippen molar-refractivity contribution in [3.05, 3.63) is 104 Å². The van der Waals surface area contributed by atoms with Crippen molar-refractivity contribution < 1.29 is 18.3 Å². The van der Waals surface area contributed by atoms with Gasteiger partial charge in [0.1, 0.15) is 28.9 Å². The molecule has 1 amide bonds. The normalized spacial score (nSPS) is 15.3. The Morgan fingerprint density at radius 3 is 2.73 bits per heavy atom. The minimum absolute atomic E-state index is 0.124. The van der Waals surface area contributed by atoms with Gasteiger partial charge >= 0.3 is 0 Å². The summed E-state index contributed by atoms with van der Waals surface area (Å²) >= 11 is 5.21. The fraction of sp³-hybridized carbons (Fsp3) is 0.312. The molecular weight excluding hydrogens is 591 g/mol. The second-order valence-corrected chi connectivity index (χ2v) is 13.1. The first-order chi connectivity index (χ1) is 19.2. The highest BCUT2D eigenvalue weighted by Gasteiger charge is 2.33. The third-order valence-electron chi connectivity index (χ3n) is 7.30. The molecule has 0 bridgehead atoms. The largest absolute Gasteiger partial charge is 0.488 e. The summed E-state index contributed by atoms with van der Waals surface area (Å²) in [5.41, 5.74) is 3.77. The van der Waals surface area contributed by atoms with E-state index in [1.54, 1.807) is 35.9 Å². The number of ether oxygens (including phenoxy) is 1. The Kier molecular flexibility index (Phi) is 8.57. The average Bonchev–Trinajstić information content (AvgIpc) is 3.58. The number of amides is 1.